The molecule has 0 aliphatic heterocycles. The lowest BCUT2D eigenvalue weighted by Gasteiger charge is -2.09. The fraction of sp³-hybridized carbons (Fsp3) is 0.143. The van der Waals surface area contributed by atoms with Gasteiger partial charge in [-0.25, -0.2) is 4.98 Å². The SMILES string of the molecule is Cc1ccc(OCc2ccccc2Br)c(C=O)n1. The average molecular weight is 306 g/mol. The van der Waals surface area contributed by atoms with Crippen LogP contribution in [-0.4, -0.2) is 11.3 Å². The summed E-state index contributed by atoms with van der Waals surface area (Å²) in [6.45, 7) is 2.23. The summed E-state index contributed by atoms with van der Waals surface area (Å²) in [4.78, 5) is 15.0. The van der Waals surface area contributed by atoms with Crippen molar-refractivity contribution in [3.63, 3.8) is 0 Å². The third kappa shape index (κ3) is 2.96. The lowest BCUT2D eigenvalue weighted by molar-refractivity contribution is 0.111. The van der Waals surface area contributed by atoms with E-state index >= 15 is 0 Å². The van der Waals surface area contributed by atoms with E-state index in [4.69, 9.17) is 4.74 Å². The van der Waals surface area contributed by atoms with Crippen LogP contribution in [0.1, 0.15) is 21.7 Å². The number of halogens is 1. The Labute approximate surface area is 114 Å². The highest BCUT2D eigenvalue weighted by Gasteiger charge is 2.06. The molecule has 2 aromatic rings. The quantitative estimate of drug-likeness (QED) is 0.811. The van der Waals surface area contributed by atoms with Gasteiger partial charge in [0.25, 0.3) is 0 Å². The van der Waals surface area contributed by atoms with Gasteiger partial charge < -0.3 is 4.74 Å². The maximum atomic E-state index is 10.9. The van der Waals surface area contributed by atoms with Crippen LogP contribution in [0.15, 0.2) is 40.9 Å². The van der Waals surface area contributed by atoms with Crippen LogP contribution in [0.5, 0.6) is 5.75 Å². The van der Waals surface area contributed by atoms with Crippen molar-refractivity contribution in [3.8, 4) is 5.75 Å². The number of hydrogen-bond donors (Lipinski definition) is 0. The number of aldehydes is 1. The van der Waals surface area contributed by atoms with Gasteiger partial charge in [0.15, 0.2) is 6.29 Å². The van der Waals surface area contributed by atoms with Gasteiger partial charge in [-0.05, 0) is 25.1 Å². The second kappa shape index (κ2) is 5.78. The van der Waals surface area contributed by atoms with Crippen LogP contribution in [0.4, 0.5) is 0 Å². The number of nitrogens with zero attached hydrogens (tertiary/aromatic N) is 1. The maximum absolute atomic E-state index is 10.9. The molecule has 0 N–H and O–H groups in total. The topological polar surface area (TPSA) is 39.2 Å². The summed E-state index contributed by atoms with van der Waals surface area (Å²) in [5.41, 5.74) is 2.15. The molecular formula is C14H12BrNO2. The molecule has 0 fully saturated rings. The van der Waals surface area contributed by atoms with E-state index in [1.165, 1.54) is 0 Å². The molecular weight excluding hydrogens is 294 g/mol. The number of carbonyl (C=O) groups is 1. The van der Waals surface area contributed by atoms with Gasteiger partial charge in [0.2, 0.25) is 0 Å². The second-order valence-corrected chi connectivity index (χ2v) is 4.69. The van der Waals surface area contributed by atoms with E-state index in [1.54, 1.807) is 6.07 Å². The first kappa shape index (κ1) is 12.8. The normalized spacial score (nSPS) is 10.1. The third-order valence-electron chi connectivity index (χ3n) is 2.48. The number of carbonyl (C=O) groups excluding carboxylic acids is 1. The Bertz CT molecular complexity index is 569. The summed E-state index contributed by atoms with van der Waals surface area (Å²) in [6.07, 6.45) is 0.711. The molecule has 2 rings (SSSR count). The summed E-state index contributed by atoms with van der Waals surface area (Å²) < 4.78 is 6.61. The Morgan fingerprint density at radius 1 is 1.28 bits per heavy atom. The minimum atomic E-state index is 0.335. The predicted octanol–water partition coefficient (Wildman–Crippen LogP) is 3.54. The molecule has 1 aromatic heterocycles. The Kier molecular flexibility index (Phi) is 4.10. The molecule has 0 saturated heterocycles. The maximum Gasteiger partial charge on any atom is 0.172 e. The number of ether oxygens (including phenoxy) is 1. The standard InChI is InChI=1S/C14H12BrNO2/c1-10-6-7-14(13(8-17)16-10)18-9-11-4-2-3-5-12(11)15/h2-8H,9H2,1H3. The predicted molar refractivity (Wildman–Crippen MR) is 72.8 cm³/mol. The highest BCUT2D eigenvalue weighted by molar-refractivity contribution is 9.10. The molecule has 0 saturated carbocycles. The van der Waals surface area contributed by atoms with Crippen molar-refractivity contribution in [3.05, 3.63) is 57.8 Å². The molecule has 92 valence electrons. The van der Waals surface area contributed by atoms with Gasteiger partial charge in [0.1, 0.15) is 18.1 Å². The fourth-order valence-electron chi connectivity index (χ4n) is 1.54. The summed E-state index contributed by atoms with van der Waals surface area (Å²) in [7, 11) is 0. The first-order valence-electron chi connectivity index (χ1n) is 5.49. The average Bonchev–Trinajstić information content (AvgIpc) is 2.39. The molecule has 0 amide bonds. The monoisotopic (exact) mass is 305 g/mol. The molecule has 0 unspecified atom stereocenters. The summed E-state index contributed by atoms with van der Waals surface area (Å²) in [5.74, 6) is 0.506. The molecule has 18 heavy (non-hydrogen) atoms. The Morgan fingerprint density at radius 2 is 2.06 bits per heavy atom. The number of benzene rings is 1. The van der Waals surface area contributed by atoms with E-state index in [2.05, 4.69) is 20.9 Å². The Balaban J connectivity index is 2.16. The van der Waals surface area contributed by atoms with Crippen LogP contribution >= 0.6 is 15.9 Å². The molecule has 0 spiro atoms. The van der Waals surface area contributed by atoms with Crippen LogP contribution in [0.3, 0.4) is 0 Å². The van der Waals surface area contributed by atoms with Gasteiger partial charge >= 0.3 is 0 Å². The van der Waals surface area contributed by atoms with E-state index in [9.17, 15) is 4.79 Å². The minimum Gasteiger partial charge on any atom is -0.486 e. The zero-order valence-electron chi connectivity index (χ0n) is 9.89. The smallest absolute Gasteiger partial charge is 0.172 e. The lowest BCUT2D eigenvalue weighted by atomic mass is 10.2. The summed E-state index contributed by atoms with van der Waals surface area (Å²) in [6, 6.07) is 11.4. The fourth-order valence-corrected chi connectivity index (χ4v) is 1.94. The summed E-state index contributed by atoms with van der Waals surface area (Å²) in [5, 5.41) is 0. The van der Waals surface area contributed by atoms with Crippen molar-refractivity contribution in [1.82, 2.24) is 4.98 Å². The molecule has 4 heteroatoms. The van der Waals surface area contributed by atoms with Crippen molar-refractivity contribution in [2.45, 2.75) is 13.5 Å². The number of pyridine rings is 1. The Morgan fingerprint density at radius 3 is 2.78 bits per heavy atom. The van der Waals surface area contributed by atoms with Gasteiger partial charge in [-0.2, -0.15) is 0 Å². The first-order valence-corrected chi connectivity index (χ1v) is 6.29. The van der Waals surface area contributed by atoms with Crippen molar-refractivity contribution in [1.29, 1.82) is 0 Å². The molecule has 0 bridgehead atoms. The minimum absolute atomic E-state index is 0.335. The van der Waals surface area contributed by atoms with Gasteiger partial charge in [0.05, 0.1) is 0 Å². The zero-order chi connectivity index (χ0) is 13.0. The third-order valence-corrected chi connectivity index (χ3v) is 3.25. The highest BCUT2D eigenvalue weighted by Crippen LogP contribution is 2.20. The first-order chi connectivity index (χ1) is 8.70. The summed E-state index contributed by atoms with van der Waals surface area (Å²) >= 11 is 3.45. The van der Waals surface area contributed by atoms with E-state index in [-0.39, 0.29) is 0 Å². The highest BCUT2D eigenvalue weighted by atomic mass is 79.9. The zero-order valence-corrected chi connectivity index (χ0v) is 11.5. The molecule has 0 aliphatic carbocycles. The van der Waals surface area contributed by atoms with E-state index in [0.29, 0.717) is 24.3 Å². The van der Waals surface area contributed by atoms with Crippen LogP contribution < -0.4 is 4.74 Å². The van der Waals surface area contributed by atoms with Gasteiger partial charge in [0, 0.05) is 15.7 Å². The number of hydrogen-bond acceptors (Lipinski definition) is 3. The van der Waals surface area contributed by atoms with E-state index in [0.717, 1.165) is 15.7 Å². The van der Waals surface area contributed by atoms with Crippen LogP contribution in [0.2, 0.25) is 0 Å². The van der Waals surface area contributed by atoms with Crippen LogP contribution in [0, 0.1) is 6.92 Å². The molecule has 1 aromatic carbocycles. The van der Waals surface area contributed by atoms with E-state index < -0.39 is 0 Å². The number of aryl methyl sites for hydroxylation is 1. The van der Waals surface area contributed by atoms with Crippen LogP contribution in [-0.2, 0) is 6.61 Å². The molecule has 0 radical (unpaired) electrons. The van der Waals surface area contributed by atoms with Gasteiger partial charge in [-0.1, -0.05) is 34.1 Å². The number of aromatic nitrogens is 1. The molecule has 3 nitrogen and oxygen atoms in total. The largest absolute Gasteiger partial charge is 0.486 e. The van der Waals surface area contributed by atoms with Crippen molar-refractivity contribution >= 4 is 22.2 Å². The Hall–Kier alpha value is -1.68. The lowest BCUT2D eigenvalue weighted by Crippen LogP contribution is -2.01. The van der Waals surface area contributed by atoms with Crippen molar-refractivity contribution in [2.24, 2.45) is 0 Å². The molecule has 1 heterocycles. The second-order valence-electron chi connectivity index (χ2n) is 3.83. The van der Waals surface area contributed by atoms with Gasteiger partial charge in [-0.3, -0.25) is 4.79 Å². The number of rotatable bonds is 4. The molecule has 0 aliphatic rings. The van der Waals surface area contributed by atoms with Crippen LogP contribution in [0.25, 0.3) is 0 Å². The van der Waals surface area contributed by atoms with Crippen molar-refractivity contribution < 1.29 is 9.53 Å². The van der Waals surface area contributed by atoms with Gasteiger partial charge in [-0.15, -0.1) is 0 Å². The van der Waals surface area contributed by atoms with E-state index in [1.807, 2.05) is 37.3 Å². The van der Waals surface area contributed by atoms with Crippen molar-refractivity contribution in [2.75, 3.05) is 0 Å². The molecule has 0 atom stereocenters.